The maximum Gasteiger partial charge on any atom is 0.222 e. The molecule has 0 aliphatic carbocycles. The Labute approximate surface area is 101 Å². The number of amides is 1. The SMILES string of the molecule is CCN(C)C(=O)CCc1ccc2c(c1)OOC2. The van der Waals surface area contributed by atoms with E-state index >= 15 is 0 Å². The number of nitrogens with zero attached hydrogens (tertiary/aromatic N) is 1. The van der Waals surface area contributed by atoms with E-state index in [2.05, 4.69) is 0 Å². The molecule has 0 radical (unpaired) electrons. The smallest absolute Gasteiger partial charge is 0.222 e. The quantitative estimate of drug-likeness (QED) is 0.748. The predicted octanol–water partition coefficient (Wildman–Crippen LogP) is 1.92. The molecule has 0 atom stereocenters. The van der Waals surface area contributed by atoms with E-state index in [1.807, 2.05) is 32.2 Å². The second-order valence-electron chi connectivity index (χ2n) is 4.20. The van der Waals surface area contributed by atoms with E-state index in [-0.39, 0.29) is 5.91 Å². The lowest BCUT2D eigenvalue weighted by Crippen LogP contribution is -2.26. The Hall–Kier alpha value is -1.55. The molecule has 1 amide bonds. The number of carbonyl (C=O) groups is 1. The molecule has 0 saturated heterocycles. The van der Waals surface area contributed by atoms with Crippen molar-refractivity contribution in [3.8, 4) is 5.75 Å². The molecular formula is C13H17NO3. The van der Waals surface area contributed by atoms with Crippen LogP contribution in [-0.4, -0.2) is 24.4 Å². The summed E-state index contributed by atoms with van der Waals surface area (Å²) >= 11 is 0. The molecular weight excluding hydrogens is 218 g/mol. The zero-order valence-electron chi connectivity index (χ0n) is 10.2. The Morgan fingerprint density at radius 3 is 3.06 bits per heavy atom. The van der Waals surface area contributed by atoms with Crippen LogP contribution in [0.2, 0.25) is 0 Å². The van der Waals surface area contributed by atoms with Gasteiger partial charge in [-0.15, -0.1) is 0 Å². The van der Waals surface area contributed by atoms with Crippen LogP contribution in [0.4, 0.5) is 0 Å². The minimum atomic E-state index is 0.171. The van der Waals surface area contributed by atoms with E-state index in [1.165, 1.54) is 0 Å². The lowest BCUT2D eigenvalue weighted by molar-refractivity contribution is -0.194. The van der Waals surface area contributed by atoms with Crippen LogP contribution in [0.5, 0.6) is 5.75 Å². The van der Waals surface area contributed by atoms with Crippen LogP contribution in [0.25, 0.3) is 0 Å². The van der Waals surface area contributed by atoms with Crippen molar-refractivity contribution in [2.45, 2.75) is 26.4 Å². The molecule has 0 fully saturated rings. The highest BCUT2D eigenvalue weighted by Gasteiger charge is 2.14. The highest BCUT2D eigenvalue weighted by atomic mass is 17.2. The molecule has 17 heavy (non-hydrogen) atoms. The molecule has 0 bridgehead atoms. The summed E-state index contributed by atoms with van der Waals surface area (Å²) in [4.78, 5) is 23.3. The molecule has 92 valence electrons. The fraction of sp³-hybridized carbons (Fsp3) is 0.462. The Morgan fingerprint density at radius 2 is 2.29 bits per heavy atom. The maximum atomic E-state index is 11.7. The Bertz CT molecular complexity index is 417. The van der Waals surface area contributed by atoms with E-state index in [0.29, 0.717) is 13.0 Å². The van der Waals surface area contributed by atoms with Crippen molar-refractivity contribution in [3.05, 3.63) is 29.3 Å². The topological polar surface area (TPSA) is 38.8 Å². The van der Waals surface area contributed by atoms with Crippen LogP contribution in [0.1, 0.15) is 24.5 Å². The van der Waals surface area contributed by atoms with Gasteiger partial charge >= 0.3 is 0 Å². The summed E-state index contributed by atoms with van der Waals surface area (Å²) in [6, 6.07) is 5.96. The van der Waals surface area contributed by atoms with E-state index in [9.17, 15) is 4.79 Å². The van der Waals surface area contributed by atoms with Gasteiger partial charge in [-0.05, 0) is 25.0 Å². The first-order valence-electron chi connectivity index (χ1n) is 5.86. The minimum absolute atomic E-state index is 0.171. The zero-order chi connectivity index (χ0) is 12.3. The van der Waals surface area contributed by atoms with Crippen LogP contribution in [0.3, 0.4) is 0 Å². The van der Waals surface area contributed by atoms with Gasteiger partial charge in [0.05, 0.1) is 0 Å². The van der Waals surface area contributed by atoms with Crippen LogP contribution in [0.15, 0.2) is 18.2 Å². The first-order valence-corrected chi connectivity index (χ1v) is 5.86. The third-order valence-electron chi connectivity index (χ3n) is 3.02. The summed E-state index contributed by atoms with van der Waals surface area (Å²) in [6.45, 7) is 3.23. The normalized spacial score (nSPS) is 13.1. The molecule has 0 N–H and O–H groups in total. The third-order valence-corrected chi connectivity index (χ3v) is 3.02. The van der Waals surface area contributed by atoms with Crippen LogP contribution in [-0.2, 0) is 22.7 Å². The summed E-state index contributed by atoms with van der Waals surface area (Å²) in [5.74, 6) is 0.948. The van der Waals surface area contributed by atoms with Crippen molar-refractivity contribution in [1.82, 2.24) is 4.90 Å². The lowest BCUT2D eigenvalue weighted by Gasteiger charge is -2.14. The number of benzene rings is 1. The van der Waals surface area contributed by atoms with Gasteiger partial charge in [0.2, 0.25) is 5.91 Å². The monoisotopic (exact) mass is 235 g/mol. The average molecular weight is 235 g/mol. The van der Waals surface area contributed by atoms with Gasteiger partial charge < -0.3 is 9.79 Å². The minimum Gasteiger partial charge on any atom is -0.346 e. The number of fused-ring (bicyclic) bond motifs is 1. The van der Waals surface area contributed by atoms with Gasteiger partial charge in [-0.25, -0.2) is 0 Å². The predicted molar refractivity (Wildman–Crippen MR) is 63.5 cm³/mol. The average Bonchev–Trinajstić information content (AvgIpc) is 2.82. The molecule has 0 spiro atoms. The van der Waals surface area contributed by atoms with E-state index in [1.54, 1.807) is 4.90 Å². The van der Waals surface area contributed by atoms with Gasteiger partial charge in [0.25, 0.3) is 0 Å². The number of aryl methyl sites for hydroxylation is 1. The molecule has 1 aliphatic heterocycles. The Kier molecular flexibility index (Phi) is 3.64. The summed E-state index contributed by atoms with van der Waals surface area (Å²) < 4.78 is 0. The zero-order valence-corrected chi connectivity index (χ0v) is 10.2. The van der Waals surface area contributed by atoms with E-state index < -0.39 is 0 Å². The highest BCUT2D eigenvalue weighted by Crippen LogP contribution is 2.27. The molecule has 1 aromatic rings. The second kappa shape index (κ2) is 5.19. The largest absolute Gasteiger partial charge is 0.346 e. The highest BCUT2D eigenvalue weighted by molar-refractivity contribution is 5.76. The number of rotatable bonds is 4. The molecule has 2 rings (SSSR count). The molecule has 4 nitrogen and oxygen atoms in total. The molecule has 1 aromatic carbocycles. The van der Waals surface area contributed by atoms with Gasteiger partial charge in [-0.1, -0.05) is 12.1 Å². The molecule has 0 unspecified atom stereocenters. The Morgan fingerprint density at radius 1 is 1.47 bits per heavy atom. The summed E-state index contributed by atoms with van der Waals surface area (Å²) in [6.07, 6.45) is 1.27. The van der Waals surface area contributed by atoms with Gasteiger partial charge in [-0.3, -0.25) is 4.79 Å². The first-order chi connectivity index (χ1) is 8.20. The fourth-order valence-electron chi connectivity index (χ4n) is 1.73. The van der Waals surface area contributed by atoms with Crippen molar-refractivity contribution in [3.63, 3.8) is 0 Å². The van der Waals surface area contributed by atoms with Crippen LogP contribution >= 0.6 is 0 Å². The van der Waals surface area contributed by atoms with Gasteiger partial charge in [0.1, 0.15) is 6.61 Å². The standard InChI is InChI=1S/C13H17NO3/c1-3-14(2)13(15)7-5-10-4-6-11-9-16-17-12(11)8-10/h4,6,8H,3,5,7,9H2,1-2H3. The first kappa shape index (κ1) is 11.9. The summed E-state index contributed by atoms with van der Waals surface area (Å²) in [5.41, 5.74) is 2.16. The number of hydrogen-bond donors (Lipinski definition) is 0. The van der Waals surface area contributed by atoms with Crippen molar-refractivity contribution < 1.29 is 14.6 Å². The van der Waals surface area contributed by atoms with Crippen molar-refractivity contribution in [2.75, 3.05) is 13.6 Å². The second-order valence-corrected chi connectivity index (χ2v) is 4.20. The van der Waals surface area contributed by atoms with Crippen LogP contribution in [0, 0.1) is 0 Å². The Balaban J connectivity index is 1.93. The molecule has 0 aromatic heterocycles. The van der Waals surface area contributed by atoms with Gasteiger partial charge in [0.15, 0.2) is 5.75 Å². The molecule has 1 aliphatic rings. The van der Waals surface area contributed by atoms with E-state index in [4.69, 9.17) is 9.78 Å². The van der Waals surface area contributed by atoms with Gasteiger partial charge in [0, 0.05) is 25.6 Å². The van der Waals surface area contributed by atoms with Crippen LogP contribution < -0.4 is 4.89 Å². The molecule has 4 heteroatoms. The third kappa shape index (κ3) is 2.77. The maximum absolute atomic E-state index is 11.7. The fourth-order valence-corrected chi connectivity index (χ4v) is 1.73. The summed E-state index contributed by atoms with van der Waals surface area (Å²) in [7, 11) is 1.82. The lowest BCUT2D eigenvalue weighted by atomic mass is 10.1. The van der Waals surface area contributed by atoms with E-state index in [0.717, 1.165) is 29.8 Å². The number of carbonyl (C=O) groups excluding carboxylic acids is 1. The van der Waals surface area contributed by atoms with Crippen molar-refractivity contribution >= 4 is 5.91 Å². The molecule has 1 heterocycles. The number of hydrogen-bond acceptors (Lipinski definition) is 3. The van der Waals surface area contributed by atoms with Gasteiger partial charge in [-0.2, -0.15) is 4.89 Å². The van der Waals surface area contributed by atoms with Crippen molar-refractivity contribution in [1.29, 1.82) is 0 Å². The molecule has 0 saturated carbocycles. The summed E-state index contributed by atoms with van der Waals surface area (Å²) in [5, 5.41) is 0. The van der Waals surface area contributed by atoms with Crippen molar-refractivity contribution in [2.24, 2.45) is 0 Å².